The fourth-order valence-corrected chi connectivity index (χ4v) is 3.23. The number of ether oxygens (including phenoxy) is 2. The Labute approximate surface area is 156 Å². The quantitative estimate of drug-likeness (QED) is 0.334. The van der Waals surface area contributed by atoms with Crippen LogP contribution in [0.1, 0.15) is 44.1 Å². The van der Waals surface area contributed by atoms with Crippen LogP contribution in [0.15, 0.2) is 29.3 Å². The van der Waals surface area contributed by atoms with Gasteiger partial charge in [0.25, 0.3) is 0 Å². The number of benzene rings is 1. The van der Waals surface area contributed by atoms with Crippen LogP contribution >= 0.6 is 0 Å². The van der Waals surface area contributed by atoms with E-state index < -0.39 is 0 Å². The smallest absolute Gasteiger partial charge is 0.306 e. The van der Waals surface area contributed by atoms with Crippen molar-refractivity contribution in [2.45, 2.75) is 51.2 Å². The van der Waals surface area contributed by atoms with Gasteiger partial charge >= 0.3 is 5.97 Å². The molecule has 0 aromatic heterocycles. The SMILES string of the molecule is CN=C(NCCCC(=O)OC1CCCC1)N(C)Cc1ccccc1OC. The van der Waals surface area contributed by atoms with Gasteiger partial charge in [-0.05, 0) is 38.2 Å². The number of carbonyl (C=O) groups excluding carboxylic acids is 1. The average Bonchev–Trinajstić information content (AvgIpc) is 3.15. The van der Waals surface area contributed by atoms with Crippen molar-refractivity contribution in [2.75, 3.05) is 27.7 Å². The lowest BCUT2D eigenvalue weighted by Gasteiger charge is -2.23. The summed E-state index contributed by atoms with van der Waals surface area (Å²) >= 11 is 0. The molecular weight excluding hydrogens is 330 g/mol. The molecule has 0 radical (unpaired) electrons. The first-order valence-electron chi connectivity index (χ1n) is 9.37. The number of nitrogens with one attached hydrogen (secondary N) is 1. The highest BCUT2D eigenvalue weighted by Gasteiger charge is 2.18. The Bertz CT molecular complexity index is 598. The van der Waals surface area contributed by atoms with Gasteiger partial charge in [0.1, 0.15) is 11.9 Å². The van der Waals surface area contributed by atoms with Gasteiger partial charge in [0.2, 0.25) is 0 Å². The van der Waals surface area contributed by atoms with Gasteiger partial charge in [-0.25, -0.2) is 0 Å². The lowest BCUT2D eigenvalue weighted by Crippen LogP contribution is -2.39. The summed E-state index contributed by atoms with van der Waals surface area (Å²) in [4.78, 5) is 18.2. The van der Waals surface area contributed by atoms with Crippen LogP contribution in [0.25, 0.3) is 0 Å². The van der Waals surface area contributed by atoms with E-state index in [4.69, 9.17) is 9.47 Å². The van der Waals surface area contributed by atoms with Crippen molar-refractivity contribution >= 4 is 11.9 Å². The lowest BCUT2D eigenvalue weighted by molar-refractivity contribution is -0.148. The Morgan fingerprint density at radius 3 is 2.73 bits per heavy atom. The second kappa shape index (κ2) is 10.7. The summed E-state index contributed by atoms with van der Waals surface area (Å²) < 4.78 is 10.9. The molecule has 0 atom stereocenters. The molecule has 6 heteroatoms. The number of carbonyl (C=O) groups is 1. The number of guanidine groups is 1. The molecule has 2 rings (SSSR count). The van der Waals surface area contributed by atoms with Gasteiger partial charge in [-0.2, -0.15) is 0 Å². The Kier molecular flexibility index (Phi) is 8.25. The predicted molar refractivity (Wildman–Crippen MR) is 103 cm³/mol. The van der Waals surface area contributed by atoms with Crippen LogP contribution in [0.2, 0.25) is 0 Å². The number of hydrogen-bond acceptors (Lipinski definition) is 4. The largest absolute Gasteiger partial charge is 0.496 e. The maximum Gasteiger partial charge on any atom is 0.306 e. The standard InChI is InChI=1S/C20H31N3O3/c1-21-20(23(2)15-16-9-4-7-12-18(16)25-3)22-14-8-13-19(24)26-17-10-5-6-11-17/h4,7,9,12,17H,5-6,8,10-11,13-15H2,1-3H3,(H,21,22). The number of nitrogens with zero attached hydrogens (tertiary/aromatic N) is 2. The van der Waals surface area contributed by atoms with Crippen LogP contribution < -0.4 is 10.1 Å². The number of esters is 1. The van der Waals surface area contributed by atoms with Gasteiger partial charge in [-0.1, -0.05) is 18.2 Å². The zero-order valence-electron chi connectivity index (χ0n) is 16.2. The second-order valence-corrected chi connectivity index (χ2v) is 6.64. The zero-order valence-corrected chi connectivity index (χ0v) is 16.2. The van der Waals surface area contributed by atoms with Gasteiger partial charge in [0.15, 0.2) is 5.96 Å². The third kappa shape index (κ3) is 6.24. The molecule has 1 fully saturated rings. The van der Waals surface area contributed by atoms with Gasteiger partial charge in [0, 0.05) is 39.2 Å². The molecule has 1 saturated carbocycles. The molecule has 0 amide bonds. The molecule has 1 aliphatic carbocycles. The minimum Gasteiger partial charge on any atom is -0.496 e. The number of para-hydroxylation sites is 1. The average molecular weight is 361 g/mol. The summed E-state index contributed by atoms with van der Waals surface area (Å²) in [5.74, 6) is 1.57. The molecule has 0 unspecified atom stereocenters. The van der Waals surface area contributed by atoms with Crippen LogP contribution in [-0.4, -0.2) is 50.7 Å². The van der Waals surface area contributed by atoms with Crippen LogP contribution in [0.3, 0.4) is 0 Å². The molecule has 26 heavy (non-hydrogen) atoms. The number of methoxy groups -OCH3 is 1. The van der Waals surface area contributed by atoms with Crippen LogP contribution in [0, 0.1) is 0 Å². The highest BCUT2D eigenvalue weighted by Crippen LogP contribution is 2.21. The molecule has 144 valence electrons. The third-order valence-corrected chi connectivity index (χ3v) is 4.61. The third-order valence-electron chi connectivity index (χ3n) is 4.61. The topological polar surface area (TPSA) is 63.2 Å². The summed E-state index contributed by atoms with van der Waals surface area (Å²) in [6.45, 7) is 1.37. The van der Waals surface area contributed by atoms with Crippen molar-refractivity contribution in [3.8, 4) is 5.75 Å². The zero-order chi connectivity index (χ0) is 18.8. The number of hydrogen-bond donors (Lipinski definition) is 1. The van der Waals surface area contributed by atoms with E-state index in [2.05, 4.69) is 10.3 Å². The van der Waals surface area contributed by atoms with Crippen molar-refractivity contribution in [3.05, 3.63) is 29.8 Å². The molecule has 0 aliphatic heterocycles. The maximum atomic E-state index is 11.9. The van der Waals surface area contributed by atoms with Crippen molar-refractivity contribution < 1.29 is 14.3 Å². The van der Waals surface area contributed by atoms with Crippen molar-refractivity contribution in [2.24, 2.45) is 4.99 Å². The first-order valence-corrected chi connectivity index (χ1v) is 9.37. The highest BCUT2D eigenvalue weighted by molar-refractivity contribution is 5.79. The molecule has 0 bridgehead atoms. The van der Waals surface area contributed by atoms with E-state index in [0.29, 0.717) is 19.5 Å². The Balaban J connectivity index is 1.71. The van der Waals surface area contributed by atoms with Crippen LogP contribution in [0.5, 0.6) is 5.75 Å². The summed E-state index contributed by atoms with van der Waals surface area (Å²) in [6.07, 6.45) is 5.71. The Morgan fingerprint density at radius 1 is 1.31 bits per heavy atom. The molecule has 6 nitrogen and oxygen atoms in total. The molecule has 1 aliphatic rings. The summed E-state index contributed by atoms with van der Waals surface area (Å²) in [5, 5.41) is 3.30. The van der Waals surface area contributed by atoms with Crippen LogP contribution in [0.4, 0.5) is 0 Å². The number of aliphatic imine (C=N–C) groups is 1. The minimum atomic E-state index is -0.0870. The van der Waals surface area contributed by atoms with Gasteiger partial charge in [-0.3, -0.25) is 9.79 Å². The first-order chi connectivity index (χ1) is 12.6. The van der Waals surface area contributed by atoms with E-state index in [9.17, 15) is 4.79 Å². The van der Waals surface area contributed by atoms with E-state index >= 15 is 0 Å². The molecule has 1 aromatic rings. The van der Waals surface area contributed by atoms with E-state index in [1.165, 1.54) is 12.8 Å². The molecule has 0 saturated heterocycles. The van der Waals surface area contributed by atoms with E-state index in [1.54, 1.807) is 14.2 Å². The number of rotatable bonds is 8. The first kappa shape index (κ1) is 20.1. The fraction of sp³-hybridized carbons (Fsp3) is 0.600. The summed E-state index contributed by atoms with van der Waals surface area (Å²) in [5.41, 5.74) is 1.10. The Morgan fingerprint density at radius 2 is 2.04 bits per heavy atom. The summed E-state index contributed by atoms with van der Waals surface area (Å²) in [6, 6.07) is 7.95. The van der Waals surface area contributed by atoms with Crippen molar-refractivity contribution in [3.63, 3.8) is 0 Å². The normalized spacial score (nSPS) is 15.0. The Hall–Kier alpha value is -2.24. The monoisotopic (exact) mass is 361 g/mol. The molecule has 0 spiro atoms. The van der Waals surface area contributed by atoms with E-state index in [1.807, 2.05) is 36.2 Å². The van der Waals surface area contributed by atoms with Crippen LogP contribution in [-0.2, 0) is 16.1 Å². The predicted octanol–water partition coefficient (Wildman–Crippen LogP) is 2.97. The van der Waals surface area contributed by atoms with E-state index in [0.717, 1.165) is 36.5 Å². The van der Waals surface area contributed by atoms with Crippen molar-refractivity contribution in [1.82, 2.24) is 10.2 Å². The van der Waals surface area contributed by atoms with Gasteiger partial charge < -0.3 is 19.7 Å². The second-order valence-electron chi connectivity index (χ2n) is 6.64. The highest BCUT2D eigenvalue weighted by atomic mass is 16.5. The lowest BCUT2D eigenvalue weighted by atomic mass is 10.2. The molecule has 0 heterocycles. The maximum absolute atomic E-state index is 11.9. The molecule has 1 N–H and O–H groups in total. The minimum absolute atomic E-state index is 0.0870. The molecular formula is C20H31N3O3. The van der Waals surface area contributed by atoms with Gasteiger partial charge in [-0.15, -0.1) is 0 Å². The van der Waals surface area contributed by atoms with Gasteiger partial charge in [0.05, 0.1) is 7.11 Å². The van der Waals surface area contributed by atoms with Crippen molar-refractivity contribution in [1.29, 1.82) is 0 Å². The molecule has 1 aromatic carbocycles. The van der Waals surface area contributed by atoms with E-state index in [-0.39, 0.29) is 12.1 Å². The summed E-state index contributed by atoms with van der Waals surface area (Å²) in [7, 11) is 5.42. The fourth-order valence-electron chi connectivity index (χ4n) is 3.23.